The van der Waals surface area contributed by atoms with Crippen LogP contribution < -0.4 is 0 Å². The maximum absolute atomic E-state index is 2.39. The van der Waals surface area contributed by atoms with Crippen LogP contribution in [-0.4, -0.2) is 0 Å². The molecule has 2 heteroatoms. The number of hydrogen-bond acceptors (Lipinski definition) is 0. The lowest BCUT2D eigenvalue weighted by Gasteiger charge is -2.03. The molecule has 54 valence electrons. The molecule has 0 unspecified atom stereocenters. The Morgan fingerprint density at radius 1 is 1.10 bits per heavy atom. The van der Waals surface area contributed by atoms with Gasteiger partial charge in [-0.25, -0.2) is 0 Å². The van der Waals surface area contributed by atoms with E-state index in [4.69, 9.17) is 0 Å². The molecule has 0 saturated heterocycles. The highest BCUT2D eigenvalue weighted by molar-refractivity contribution is 14.1. The monoisotopic (exact) mass is 358 g/mol. The predicted octanol–water partition coefficient (Wildman–Crippen LogP) is 3.51. The number of halogens is 2. The fraction of sp³-hybridized carbons (Fsp3) is 0.250. The van der Waals surface area contributed by atoms with E-state index in [-0.39, 0.29) is 0 Å². The van der Waals surface area contributed by atoms with E-state index in [1.807, 2.05) is 0 Å². The molecule has 0 fully saturated rings. The first-order chi connectivity index (χ1) is 4.63. The molecule has 1 aromatic rings. The minimum atomic E-state index is 1.35. The van der Waals surface area contributed by atoms with Gasteiger partial charge in [0.25, 0.3) is 0 Å². The number of rotatable bonds is 0. The lowest BCUT2D eigenvalue weighted by Crippen LogP contribution is -1.88. The fourth-order valence-electron chi connectivity index (χ4n) is 0.749. The van der Waals surface area contributed by atoms with Crippen molar-refractivity contribution in [1.82, 2.24) is 0 Å². The summed E-state index contributed by atoms with van der Waals surface area (Å²) in [7, 11) is 0. The van der Waals surface area contributed by atoms with E-state index < -0.39 is 0 Å². The van der Waals surface area contributed by atoms with Crippen molar-refractivity contribution in [3.8, 4) is 0 Å². The third-order valence-corrected chi connectivity index (χ3v) is 4.93. The molecule has 0 bridgehead atoms. The Bertz CT molecular complexity index is 227. The number of hydrogen-bond donors (Lipinski definition) is 0. The predicted molar refractivity (Wildman–Crippen MR) is 61.4 cm³/mol. The normalized spacial score (nSPS) is 10.0. The second-order valence-corrected chi connectivity index (χ2v) is 4.54. The van der Waals surface area contributed by atoms with Crippen LogP contribution in [0.4, 0.5) is 0 Å². The molecule has 0 saturated carbocycles. The SMILES string of the molecule is Cc1ccc(I)c(I)c1C. The Hall–Kier alpha value is 0.680. The molecule has 0 N–H and O–H groups in total. The molecule has 0 aliphatic carbocycles. The molecule has 0 nitrogen and oxygen atoms in total. The van der Waals surface area contributed by atoms with Gasteiger partial charge in [0.1, 0.15) is 0 Å². The zero-order valence-electron chi connectivity index (χ0n) is 5.91. The quantitative estimate of drug-likeness (QED) is 0.623. The smallest absolute Gasteiger partial charge is 0.0295 e. The van der Waals surface area contributed by atoms with E-state index in [1.54, 1.807) is 0 Å². The minimum Gasteiger partial charge on any atom is -0.0579 e. The van der Waals surface area contributed by atoms with Crippen LogP contribution in [0.3, 0.4) is 0 Å². The second-order valence-electron chi connectivity index (χ2n) is 2.30. The van der Waals surface area contributed by atoms with Crippen molar-refractivity contribution in [2.45, 2.75) is 13.8 Å². The van der Waals surface area contributed by atoms with E-state index in [1.165, 1.54) is 18.3 Å². The zero-order chi connectivity index (χ0) is 7.72. The van der Waals surface area contributed by atoms with Crippen LogP contribution >= 0.6 is 45.2 Å². The summed E-state index contributed by atoms with van der Waals surface area (Å²) in [6, 6.07) is 4.32. The number of aryl methyl sites for hydroxylation is 1. The summed E-state index contributed by atoms with van der Waals surface area (Å²) in [5, 5.41) is 0. The van der Waals surface area contributed by atoms with Crippen LogP contribution in [0, 0.1) is 21.0 Å². The van der Waals surface area contributed by atoms with Gasteiger partial charge in [-0.05, 0) is 76.2 Å². The lowest BCUT2D eigenvalue weighted by molar-refractivity contribution is 1.30. The van der Waals surface area contributed by atoms with Crippen LogP contribution in [-0.2, 0) is 0 Å². The highest BCUT2D eigenvalue weighted by atomic mass is 127. The molecule has 0 heterocycles. The van der Waals surface area contributed by atoms with Crippen molar-refractivity contribution in [1.29, 1.82) is 0 Å². The van der Waals surface area contributed by atoms with Gasteiger partial charge in [0.2, 0.25) is 0 Å². The highest BCUT2D eigenvalue weighted by Gasteiger charge is 2.00. The van der Waals surface area contributed by atoms with Crippen molar-refractivity contribution >= 4 is 45.2 Å². The minimum absolute atomic E-state index is 1.35. The van der Waals surface area contributed by atoms with Crippen molar-refractivity contribution in [3.05, 3.63) is 30.4 Å². The Morgan fingerprint density at radius 3 is 2.20 bits per heavy atom. The van der Waals surface area contributed by atoms with Crippen molar-refractivity contribution in [2.24, 2.45) is 0 Å². The van der Waals surface area contributed by atoms with Gasteiger partial charge in [0.05, 0.1) is 0 Å². The first-order valence-corrected chi connectivity index (χ1v) is 5.20. The molecule has 0 aromatic heterocycles. The van der Waals surface area contributed by atoms with Crippen LogP contribution in [0.2, 0.25) is 0 Å². The van der Waals surface area contributed by atoms with Crippen LogP contribution in [0.25, 0.3) is 0 Å². The summed E-state index contributed by atoms with van der Waals surface area (Å²) in [4.78, 5) is 0. The van der Waals surface area contributed by atoms with E-state index in [9.17, 15) is 0 Å². The van der Waals surface area contributed by atoms with E-state index >= 15 is 0 Å². The summed E-state index contributed by atoms with van der Waals surface area (Å²) >= 11 is 4.75. The molecular formula is C8H8I2. The van der Waals surface area contributed by atoms with Gasteiger partial charge in [-0.1, -0.05) is 6.07 Å². The topological polar surface area (TPSA) is 0 Å². The van der Waals surface area contributed by atoms with Gasteiger partial charge in [0, 0.05) is 7.14 Å². The van der Waals surface area contributed by atoms with Crippen molar-refractivity contribution in [2.75, 3.05) is 0 Å². The van der Waals surface area contributed by atoms with Crippen LogP contribution in [0.5, 0.6) is 0 Å². The molecule has 0 aliphatic rings. The summed E-state index contributed by atoms with van der Waals surface area (Å²) < 4.78 is 2.74. The van der Waals surface area contributed by atoms with Crippen LogP contribution in [0.1, 0.15) is 11.1 Å². The number of benzene rings is 1. The Morgan fingerprint density at radius 2 is 1.70 bits per heavy atom. The van der Waals surface area contributed by atoms with Crippen molar-refractivity contribution < 1.29 is 0 Å². The van der Waals surface area contributed by atoms with Gasteiger partial charge < -0.3 is 0 Å². The lowest BCUT2D eigenvalue weighted by atomic mass is 10.1. The Kier molecular flexibility index (Phi) is 2.97. The van der Waals surface area contributed by atoms with E-state index in [0.717, 1.165) is 0 Å². The molecule has 0 aliphatic heterocycles. The first-order valence-electron chi connectivity index (χ1n) is 3.04. The largest absolute Gasteiger partial charge is 0.0579 e. The summed E-state index contributed by atoms with van der Waals surface area (Å²) in [5.41, 5.74) is 2.79. The zero-order valence-corrected chi connectivity index (χ0v) is 10.2. The molecule has 10 heavy (non-hydrogen) atoms. The second kappa shape index (κ2) is 3.38. The molecule has 1 aromatic carbocycles. The standard InChI is InChI=1S/C8H8I2/c1-5-3-4-7(9)8(10)6(5)2/h3-4H,1-2H3. The van der Waals surface area contributed by atoms with E-state index in [2.05, 4.69) is 71.2 Å². The van der Waals surface area contributed by atoms with Gasteiger partial charge >= 0.3 is 0 Å². The van der Waals surface area contributed by atoms with Gasteiger partial charge in [-0.3, -0.25) is 0 Å². The third kappa shape index (κ3) is 1.64. The molecule has 0 atom stereocenters. The first kappa shape index (κ1) is 8.77. The summed E-state index contributed by atoms with van der Waals surface area (Å²) in [5.74, 6) is 0. The Labute approximate surface area is 88.7 Å². The van der Waals surface area contributed by atoms with E-state index in [0.29, 0.717) is 0 Å². The van der Waals surface area contributed by atoms with Gasteiger partial charge in [0.15, 0.2) is 0 Å². The molecule has 0 spiro atoms. The van der Waals surface area contributed by atoms with Gasteiger partial charge in [-0.2, -0.15) is 0 Å². The molecule has 0 amide bonds. The van der Waals surface area contributed by atoms with Crippen LogP contribution in [0.15, 0.2) is 12.1 Å². The average molecular weight is 358 g/mol. The fourth-order valence-corrected chi connectivity index (χ4v) is 1.94. The average Bonchev–Trinajstić information content (AvgIpc) is 1.93. The van der Waals surface area contributed by atoms with Crippen molar-refractivity contribution in [3.63, 3.8) is 0 Å². The molecule has 0 radical (unpaired) electrons. The highest BCUT2D eigenvalue weighted by Crippen LogP contribution is 2.21. The third-order valence-electron chi connectivity index (χ3n) is 1.61. The molecular weight excluding hydrogens is 350 g/mol. The molecule has 1 rings (SSSR count). The summed E-state index contributed by atoms with van der Waals surface area (Å²) in [6.45, 7) is 4.31. The maximum Gasteiger partial charge on any atom is 0.0295 e. The maximum atomic E-state index is 2.39. The van der Waals surface area contributed by atoms with Gasteiger partial charge in [-0.15, -0.1) is 0 Å². The summed E-state index contributed by atoms with van der Waals surface area (Å²) in [6.07, 6.45) is 0. The Balaban J connectivity index is 3.34.